The van der Waals surface area contributed by atoms with Crippen LogP contribution in [0.2, 0.25) is 0 Å². The Morgan fingerprint density at radius 2 is 2.20 bits per heavy atom. The van der Waals surface area contributed by atoms with Crippen molar-refractivity contribution in [3.8, 4) is 0 Å². The SMILES string of the molecule is CCn1c(=O)oc2cc(C(Cl)c3ccc(Br)s3)ccc21. The number of aromatic nitrogens is 1. The summed E-state index contributed by atoms with van der Waals surface area (Å²) in [5.74, 6) is -0.329. The number of hydrogen-bond acceptors (Lipinski definition) is 3. The van der Waals surface area contributed by atoms with E-state index in [-0.39, 0.29) is 11.1 Å². The number of thiophene rings is 1. The fourth-order valence-corrected chi connectivity index (χ4v) is 3.94. The third-order valence-electron chi connectivity index (χ3n) is 3.14. The zero-order valence-corrected chi connectivity index (χ0v) is 13.8. The minimum Gasteiger partial charge on any atom is -0.408 e. The van der Waals surface area contributed by atoms with Crippen molar-refractivity contribution < 1.29 is 4.42 Å². The molecule has 0 aliphatic heterocycles. The van der Waals surface area contributed by atoms with Crippen LogP contribution in [0.3, 0.4) is 0 Å². The molecule has 0 amide bonds. The van der Waals surface area contributed by atoms with Crippen LogP contribution < -0.4 is 5.76 Å². The van der Waals surface area contributed by atoms with Gasteiger partial charge in [0.2, 0.25) is 0 Å². The number of fused-ring (bicyclic) bond motifs is 1. The first kappa shape index (κ1) is 13.9. The molecule has 1 atom stereocenters. The fraction of sp³-hybridized carbons (Fsp3) is 0.214. The molecule has 6 heteroatoms. The van der Waals surface area contributed by atoms with E-state index in [1.54, 1.807) is 15.9 Å². The Labute approximate surface area is 132 Å². The van der Waals surface area contributed by atoms with E-state index in [0.29, 0.717) is 12.1 Å². The molecule has 1 unspecified atom stereocenters. The molecule has 0 N–H and O–H groups in total. The smallest absolute Gasteiger partial charge is 0.408 e. The molecule has 0 saturated heterocycles. The Morgan fingerprint density at radius 3 is 2.85 bits per heavy atom. The Hall–Kier alpha value is -1.04. The van der Waals surface area contributed by atoms with E-state index < -0.39 is 0 Å². The lowest BCUT2D eigenvalue weighted by atomic mass is 10.1. The predicted octanol–water partition coefficient (Wildman–Crippen LogP) is 4.77. The van der Waals surface area contributed by atoms with E-state index in [4.69, 9.17) is 16.0 Å². The molecule has 0 aliphatic carbocycles. The van der Waals surface area contributed by atoms with Crippen molar-refractivity contribution in [1.82, 2.24) is 4.57 Å². The number of alkyl halides is 1. The Bertz CT molecular complexity index is 820. The van der Waals surface area contributed by atoms with Gasteiger partial charge in [0.15, 0.2) is 5.58 Å². The third kappa shape index (κ3) is 2.34. The van der Waals surface area contributed by atoms with Gasteiger partial charge in [-0.1, -0.05) is 6.07 Å². The molecule has 0 bridgehead atoms. The first-order valence-corrected chi connectivity index (χ1v) is 8.17. The summed E-state index contributed by atoms with van der Waals surface area (Å²) in [5.41, 5.74) is 2.30. The van der Waals surface area contributed by atoms with Gasteiger partial charge >= 0.3 is 5.76 Å². The summed E-state index contributed by atoms with van der Waals surface area (Å²) in [5, 5.41) is -0.244. The highest BCUT2D eigenvalue weighted by molar-refractivity contribution is 9.11. The molecule has 3 aromatic rings. The zero-order chi connectivity index (χ0) is 14.3. The second kappa shape index (κ2) is 5.39. The monoisotopic (exact) mass is 371 g/mol. The topological polar surface area (TPSA) is 35.1 Å². The minimum absolute atomic E-state index is 0.244. The van der Waals surface area contributed by atoms with Crippen LogP contribution in [-0.4, -0.2) is 4.57 Å². The number of aryl methyl sites for hydroxylation is 1. The summed E-state index contributed by atoms with van der Waals surface area (Å²) in [6, 6.07) is 9.63. The molecular weight excluding hydrogens is 362 g/mol. The molecule has 2 heterocycles. The molecule has 1 aromatic carbocycles. The number of hydrogen-bond donors (Lipinski definition) is 0. The lowest BCUT2D eigenvalue weighted by Crippen LogP contribution is -2.11. The van der Waals surface area contributed by atoms with Crippen LogP contribution >= 0.6 is 38.9 Å². The van der Waals surface area contributed by atoms with Gasteiger partial charge in [0.25, 0.3) is 0 Å². The molecule has 0 aliphatic rings. The molecule has 2 aromatic heterocycles. The van der Waals surface area contributed by atoms with Crippen molar-refractivity contribution in [2.24, 2.45) is 0 Å². The second-order valence-electron chi connectivity index (χ2n) is 4.34. The van der Waals surface area contributed by atoms with Gasteiger partial charge in [0.05, 0.1) is 14.7 Å². The molecule has 0 radical (unpaired) electrons. The number of benzene rings is 1. The van der Waals surface area contributed by atoms with Gasteiger partial charge in [-0.25, -0.2) is 4.79 Å². The van der Waals surface area contributed by atoms with E-state index in [1.807, 2.05) is 37.3 Å². The van der Waals surface area contributed by atoms with Crippen LogP contribution in [0.5, 0.6) is 0 Å². The number of nitrogens with zero attached hydrogens (tertiary/aromatic N) is 1. The van der Waals surface area contributed by atoms with Crippen LogP contribution in [0.15, 0.2) is 43.3 Å². The summed E-state index contributed by atoms with van der Waals surface area (Å²) in [7, 11) is 0. The zero-order valence-electron chi connectivity index (χ0n) is 10.6. The normalized spacial score (nSPS) is 12.9. The predicted molar refractivity (Wildman–Crippen MR) is 85.9 cm³/mol. The summed E-state index contributed by atoms with van der Waals surface area (Å²) in [4.78, 5) is 12.7. The standard InChI is InChI=1S/C14H11BrClNO2S/c1-2-17-9-4-3-8(7-10(9)19-14(17)18)13(16)11-5-6-12(15)20-11/h3-7,13H,2H2,1H3. The van der Waals surface area contributed by atoms with Gasteiger partial charge < -0.3 is 4.42 Å². The first-order valence-electron chi connectivity index (χ1n) is 6.12. The highest BCUT2D eigenvalue weighted by atomic mass is 79.9. The van der Waals surface area contributed by atoms with Gasteiger partial charge in [-0.15, -0.1) is 22.9 Å². The van der Waals surface area contributed by atoms with Crippen LogP contribution in [0.1, 0.15) is 22.7 Å². The van der Waals surface area contributed by atoms with Crippen molar-refractivity contribution in [2.75, 3.05) is 0 Å². The Kier molecular flexibility index (Phi) is 3.75. The van der Waals surface area contributed by atoms with E-state index in [9.17, 15) is 4.79 Å². The summed E-state index contributed by atoms with van der Waals surface area (Å²) >= 11 is 11.5. The minimum atomic E-state index is -0.329. The van der Waals surface area contributed by atoms with Crippen LogP contribution in [-0.2, 0) is 6.54 Å². The van der Waals surface area contributed by atoms with E-state index >= 15 is 0 Å². The van der Waals surface area contributed by atoms with E-state index in [2.05, 4.69) is 15.9 Å². The van der Waals surface area contributed by atoms with Crippen molar-refractivity contribution in [3.63, 3.8) is 0 Å². The summed E-state index contributed by atoms with van der Waals surface area (Å²) < 4.78 is 7.91. The number of halogens is 2. The molecule has 0 spiro atoms. The maximum atomic E-state index is 11.7. The van der Waals surface area contributed by atoms with Crippen LogP contribution in [0, 0.1) is 0 Å². The molecule has 20 heavy (non-hydrogen) atoms. The van der Waals surface area contributed by atoms with Crippen LogP contribution in [0.4, 0.5) is 0 Å². The van der Waals surface area contributed by atoms with E-state index in [1.165, 1.54) is 0 Å². The maximum Gasteiger partial charge on any atom is 0.419 e. The average Bonchev–Trinajstić information content (AvgIpc) is 2.99. The van der Waals surface area contributed by atoms with Crippen molar-refractivity contribution in [3.05, 3.63) is 55.1 Å². The molecule has 104 valence electrons. The van der Waals surface area contributed by atoms with Gasteiger partial charge in [-0.2, -0.15) is 0 Å². The fourth-order valence-electron chi connectivity index (χ4n) is 2.17. The van der Waals surface area contributed by atoms with E-state index in [0.717, 1.165) is 19.7 Å². The lowest BCUT2D eigenvalue weighted by Gasteiger charge is -2.07. The largest absolute Gasteiger partial charge is 0.419 e. The third-order valence-corrected chi connectivity index (χ3v) is 5.45. The molecular formula is C14H11BrClNO2S. The second-order valence-corrected chi connectivity index (χ2v) is 7.27. The number of rotatable bonds is 3. The average molecular weight is 373 g/mol. The first-order chi connectivity index (χ1) is 9.60. The number of oxazole rings is 1. The molecule has 3 nitrogen and oxygen atoms in total. The van der Waals surface area contributed by atoms with Gasteiger partial charge in [-0.05, 0) is 52.7 Å². The Morgan fingerprint density at radius 1 is 1.40 bits per heavy atom. The molecule has 0 fully saturated rings. The molecule has 3 rings (SSSR count). The molecule has 0 saturated carbocycles. The highest BCUT2D eigenvalue weighted by Gasteiger charge is 2.16. The van der Waals surface area contributed by atoms with Crippen molar-refractivity contribution in [1.29, 1.82) is 0 Å². The van der Waals surface area contributed by atoms with Crippen molar-refractivity contribution >= 4 is 50.0 Å². The Balaban J connectivity index is 2.07. The van der Waals surface area contributed by atoms with Crippen molar-refractivity contribution in [2.45, 2.75) is 18.8 Å². The van der Waals surface area contributed by atoms with Gasteiger partial charge in [0.1, 0.15) is 0 Å². The highest BCUT2D eigenvalue weighted by Crippen LogP contribution is 2.36. The van der Waals surface area contributed by atoms with Crippen LogP contribution in [0.25, 0.3) is 11.1 Å². The maximum absolute atomic E-state index is 11.7. The lowest BCUT2D eigenvalue weighted by molar-refractivity contribution is 0.513. The van der Waals surface area contributed by atoms with Gasteiger partial charge in [0, 0.05) is 11.4 Å². The quantitative estimate of drug-likeness (QED) is 0.621. The summed E-state index contributed by atoms with van der Waals surface area (Å²) in [6.07, 6.45) is 0. The van der Waals surface area contributed by atoms with Gasteiger partial charge in [-0.3, -0.25) is 4.57 Å². The summed E-state index contributed by atoms with van der Waals surface area (Å²) in [6.45, 7) is 2.51.